The lowest BCUT2D eigenvalue weighted by Crippen LogP contribution is -2.42. The molecule has 1 aromatic rings. The maximum atomic E-state index is 11.2. The van der Waals surface area contributed by atoms with Crippen LogP contribution < -0.4 is 11.1 Å². The van der Waals surface area contributed by atoms with Crippen LogP contribution in [0.1, 0.15) is 44.0 Å². The molecule has 0 saturated carbocycles. The van der Waals surface area contributed by atoms with Gasteiger partial charge in [-0.25, -0.2) is 0 Å². The van der Waals surface area contributed by atoms with Crippen molar-refractivity contribution in [2.75, 3.05) is 0 Å². The highest BCUT2D eigenvalue weighted by Gasteiger charge is 2.19. The van der Waals surface area contributed by atoms with Gasteiger partial charge in [0.2, 0.25) is 5.91 Å². The lowest BCUT2D eigenvalue weighted by molar-refractivity contribution is -0.120. The number of primary amides is 1. The van der Waals surface area contributed by atoms with E-state index in [4.69, 9.17) is 5.73 Å². The van der Waals surface area contributed by atoms with Crippen LogP contribution in [0.2, 0.25) is 0 Å². The first-order valence-corrected chi connectivity index (χ1v) is 6.65. The highest BCUT2D eigenvalue weighted by Crippen LogP contribution is 2.23. The summed E-state index contributed by atoms with van der Waals surface area (Å²) in [5.41, 5.74) is 5.35. The number of rotatable bonds is 7. The topological polar surface area (TPSA) is 55.1 Å². The van der Waals surface area contributed by atoms with E-state index in [-0.39, 0.29) is 18.0 Å². The molecule has 16 heavy (non-hydrogen) atoms. The number of carbonyl (C=O) groups is 1. The molecule has 4 heteroatoms. The van der Waals surface area contributed by atoms with Gasteiger partial charge in [-0.15, -0.1) is 11.3 Å². The van der Waals surface area contributed by atoms with Gasteiger partial charge < -0.3 is 5.73 Å². The lowest BCUT2D eigenvalue weighted by atomic mass is 10.1. The van der Waals surface area contributed by atoms with E-state index in [1.54, 1.807) is 11.3 Å². The van der Waals surface area contributed by atoms with E-state index in [0.717, 1.165) is 19.3 Å². The molecular formula is C12H20N2OS. The zero-order valence-corrected chi connectivity index (χ0v) is 10.7. The first-order valence-electron chi connectivity index (χ1n) is 5.77. The second kappa shape index (κ2) is 6.66. The number of hydrogen-bond donors (Lipinski definition) is 2. The molecular weight excluding hydrogens is 220 g/mol. The standard InChI is InChI=1S/C12H20N2OS/c1-3-6-10(11-7-5-8-16-11)14-9(4-2)12(13)15/h5,7-10,14H,3-4,6H2,1-2H3,(H2,13,15). The van der Waals surface area contributed by atoms with Gasteiger partial charge in [-0.3, -0.25) is 10.1 Å². The molecule has 2 unspecified atom stereocenters. The van der Waals surface area contributed by atoms with Crippen molar-refractivity contribution in [2.24, 2.45) is 5.73 Å². The van der Waals surface area contributed by atoms with Crippen LogP contribution in [-0.4, -0.2) is 11.9 Å². The van der Waals surface area contributed by atoms with Gasteiger partial charge in [0, 0.05) is 10.9 Å². The van der Waals surface area contributed by atoms with Gasteiger partial charge in [-0.05, 0) is 24.3 Å². The summed E-state index contributed by atoms with van der Waals surface area (Å²) in [5, 5.41) is 5.40. The Kier molecular flexibility index (Phi) is 5.49. The van der Waals surface area contributed by atoms with Crippen molar-refractivity contribution in [2.45, 2.75) is 45.2 Å². The largest absolute Gasteiger partial charge is 0.368 e. The predicted molar refractivity (Wildman–Crippen MR) is 68.4 cm³/mol. The number of nitrogens with two attached hydrogens (primary N) is 1. The highest BCUT2D eigenvalue weighted by atomic mass is 32.1. The van der Waals surface area contributed by atoms with Crippen LogP contribution in [0.4, 0.5) is 0 Å². The zero-order chi connectivity index (χ0) is 12.0. The van der Waals surface area contributed by atoms with E-state index in [0.29, 0.717) is 0 Å². The molecule has 0 aliphatic rings. The molecule has 1 heterocycles. The van der Waals surface area contributed by atoms with Crippen LogP contribution in [0, 0.1) is 0 Å². The minimum absolute atomic E-state index is 0.223. The van der Waals surface area contributed by atoms with Crippen molar-refractivity contribution in [3.8, 4) is 0 Å². The lowest BCUT2D eigenvalue weighted by Gasteiger charge is -2.21. The van der Waals surface area contributed by atoms with Crippen molar-refractivity contribution < 1.29 is 4.79 Å². The van der Waals surface area contributed by atoms with E-state index in [9.17, 15) is 4.79 Å². The molecule has 0 saturated heterocycles. The fourth-order valence-electron chi connectivity index (χ4n) is 1.73. The molecule has 0 fully saturated rings. The number of thiophene rings is 1. The molecule has 1 amide bonds. The highest BCUT2D eigenvalue weighted by molar-refractivity contribution is 7.10. The SMILES string of the molecule is CCCC(NC(CC)C(N)=O)c1cccs1. The Bertz CT molecular complexity index is 311. The molecule has 0 aliphatic carbocycles. The monoisotopic (exact) mass is 240 g/mol. The molecule has 3 nitrogen and oxygen atoms in total. The molecule has 0 spiro atoms. The van der Waals surface area contributed by atoms with Gasteiger partial charge in [0.05, 0.1) is 6.04 Å². The minimum atomic E-state index is -0.264. The molecule has 0 radical (unpaired) electrons. The average molecular weight is 240 g/mol. The maximum Gasteiger partial charge on any atom is 0.234 e. The molecule has 2 atom stereocenters. The summed E-state index contributed by atoms with van der Waals surface area (Å²) in [6, 6.07) is 4.17. The van der Waals surface area contributed by atoms with Gasteiger partial charge >= 0.3 is 0 Å². The van der Waals surface area contributed by atoms with E-state index < -0.39 is 0 Å². The van der Waals surface area contributed by atoms with E-state index in [1.807, 2.05) is 13.0 Å². The Morgan fingerprint density at radius 2 is 2.31 bits per heavy atom. The van der Waals surface area contributed by atoms with Crippen LogP contribution in [-0.2, 0) is 4.79 Å². The predicted octanol–water partition coefficient (Wildman–Crippen LogP) is 2.44. The van der Waals surface area contributed by atoms with E-state index in [1.165, 1.54) is 4.88 Å². The van der Waals surface area contributed by atoms with Gasteiger partial charge in [0.25, 0.3) is 0 Å². The van der Waals surface area contributed by atoms with Crippen molar-refractivity contribution >= 4 is 17.2 Å². The van der Waals surface area contributed by atoms with Gasteiger partial charge in [0.15, 0.2) is 0 Å². The van der Waals surface area contributed by atoms with Crippen LogP contribution in [0.15, 0.2) is 17.5 Å². The first-order chi connectivity index (χ1) is 7.69. The third-order valence-corrected chi connectivity index (χ3v) is 3.60. The van der Waals surface area contributed by atoms with Crippen LogP contribution >= 0.6 is 11.3 Å². The summed E-state index contributed by atoms with van der Waals surface area (Å²) < 4.78 is 0. The summed E-state index contributed by atoms with van der Waals surface area (Å²) >= 11 is 1.72. The van der Waals surface area contributed by atoms with E-state index >= 15 is 0 Å². The quantitative estimate of drug-likeness (QED) is 0.769. The smallest absolute Gasteiger partial charge is 0.234 e. The molecule has 0 bridgehead atoms. The first kappa shape index (κ1) is 13.2. The summed E-state index contributed by atoms with van der Waals surface area (Å²) in [5.74, 6) is -0.264. The fraction of sp³-hybridized carbons (Fsp3) is 0.583. The van der Waals surface area contributed by atoms with Crippen molar-refractivity contribution in [3.05, 3.63) is 22.4 Å². The van der Waals surface area contributed by atoms with Crippen LogP contribution in [0.25, 0.3) is 0 Å². The van der Waals surface area contributed by atoms with Crippen LogP contribution in [0.3, 0.4) is 0 Å². The molecule has 1 rings (SSSR count). The molecule has 0 aromatic carbocycles. The molecule has 3 N–H and O–H groups in total. The Labute approximate surface area is 101 Å². The van der Waals surface area contributed by atoms with Crippen molar-refractivity contribution in [1.82, 2.24) is 5.32 Å². The Morgan fingerprint density at radius 3 is 2.75 bits per heavy atom. The molecule has 90 valence electrons. The second-order valence-electron chi connectivity index (χ2n) is 3.89. The number of hydrogen-bond acceptors (Lipinski definition) is 3. The minimum Gasteiger partial charge on any atom is -0.368 e. The third kappa shape index (κ3) is 3.61. The number of nitrogens with one attached hydrogen (secondary N) is 1. The normalized spacial score (nSPS) is 14.6. The second-order valence-corrected chi connectivity index (χ2v) is 4.87. The van der Waals surface area contributed by atoms with Gasteiger partial charge in [0.1, 0.15) is 0 Å². The van der Waals surface area contributed by atoms with Crippen LogP contribution in [0.5, 0.6) is 0 Å². The zero-order valence-electron chi connectivity index (χ0n) is 9.90. The number of amides is 1. The summed E-state index contributed by atoms with van der Waals surface area (Å²) in [4.78, 5) is 12.5. The average Bonchev–Trinajstić information content (AvgIpc) is 2.76. The summed E-state index contributed by atoms with van der Waals surface area (Å²) in [7, 11) is 0. The molecule has 1 aromatic heterocycles. The fourth-order valence-corrected chi connectivity index (χ4v) is 2.55. The Morgan fingerprint density at radius 1 is 1.56 bits per heavy atom. The Hall–Kier alpha value is -0.870. The van der Waals surface area contributed by atoms with E-state index in [2.05, 4.69) is 23.7 Å². The molecule has 0 aliphatic heterocycles. The third-order valence-electron chi connectivity index (χ3n) is 2.62. The van der Waals surface area contributed by atoms with Gasteiger partial charge in [-0.1, -0.05) is 26.3 Å². The maximum absolute atomic E-state index is 11.2. The van der Waals surface area contributed by atoms with Crippen molar-refractivity contribution in [1.29, 1.82) is 0 Å². The number of carbonyl (C=O) groups excluding carboxylic acids is 1. The summed E-state index contributed by atoms with van der Waals surface area (Å²) in [6.07, 6.45) is 2.86. The van der Waals surface area contributed by atoms with Crippen molar-refractivity contribution in [3.63, 3.8) is 0 Å². The summed E-state index contributed by atoms with van der Waals surface area (Å²) in [6.45, 7) is 4.12. The van der Waals surface area contributed by atoms with Gasteiger partial charge in [-0.2, -0.15) is 0 Å². The Balaban J connectivity index is 2.67.